The van der Waals surface area contributed by atoms with E-state index in [1.807, 2.05) is 12.1 Å². The second kappa shape index (κ2) is 10.8. The number of nitrogens with zero attached hydrogens (tertiary/aromatic N) is 3. The summed E-state index contributed by atoms with van der Waals surface area (Å²) < 4.78 is 5.78. The topological polar surface area (TPSA) is 239 Å². The van der Waals surface area contributed by atoms with E-state index in [-0.39, 0.29) is 41.0 Å². The summed E-state index contributed by atoms with van der Waals surface area (Å²) in [5.41, 5.74) is 7.19. The van der Waals surface area contributed by atoms with Gasteiger partial charge in [0, 0.05) is 29.9 Å². The third-order valence-corrected chi connectivity index (χ3v) is 7.76. The SMILES string of the molecule is Nc1c(Nc2cccc(CNC(=O)c3cc(C(=O)N[C@H]4CCc5cc(-c6noc(=O)[nH]6)ccc54)nc4cc(=O)[nH]n34)c2)c(=O)c1=O. The fraction of sp³-hybridized carbons (Fsp3) is 0.133. The highest BCUT2D eigenvalue weighted by molar-refractivity contribution is 5.98. The van der Waals surface area contributed by atoms with Crippen LogP contribution in [0, 0.1) is 0 Å². The molecule has 0 aliphatic heterocycles. The van der Waals surface area contributed by atoms with Crippen LogP contribution in [0.1, 0.15) is 50.1 Å². The fourth-order valence-corrected chi connectivity index (χ4v) is 5.49. The maximum atomic E-state index is 13.4. The molecular formula is C30H23N9O7. The number of benzene rings is 2. The summed E-state index contributed by atoms with van der Waals surface area (Å²) in [6.45, 7) is 0.0513. The molecule has 0 saturated carbocycles. The Morgan fingerprint density at radius 2 is 1.87 bits per heavy atom. The number of carbonyl (C=O) groups is 2. The Labute approximate surface area is 255 Å². The van der Waals surface area contributed by atoms with Crippen LogP contribution in [0.3, 0.4) is 0 Å². The van der Waals surface area contributed by atoms with Crippen LogP contribution in [-0.4, -0.2) is 36.6 Å². The number of hydrogen-bond donors (Lipinski definition) is 6. The predicted octanol–water partition coefficient (Wildman–Crippen LogP) is 0.635. The van der Waals surface area contributed by atoms with Crippen LogP contribution < -0.4 is 43.9 Å². The molecule has 1 atom stereocenters. The first-order valence-electron chi connectivity index (χ1n) is 14.0. The van der Waals surface area contributed by atoms with E-state index >= 15 is 0 Å². The number of carbonyl (C=O) groups excluding carboxylic acids is 2. The summed E-state index contributed by atoms with van der Waals surface area (Å²) in [5, 5.41) is 14.8. The van der Waals surface area contributed by atoms with E-state index in [0.29, 0.717) is 35.5 Å². The molecule has 0 unspecified atom stereocenters. The lowest BCUT2D eigenvalue weighted by atomic mass is 10.0. The van der Waals surface area contributed by atoms with Crippen molar-refractivity contribution in [2.45, 2.75) is 25.4 Å². The second-order valence-corrected chi connectivity index (χ2v) is 10.7. The quantitative estimate of drug-likeness (QED) is 0.129. The fourth-order valence-electron chi connectivity index (χ4n) is 5.49. The first-order chi connectivity index (χ1) is 22.1. The van der Waals surface area contributed by atoms with Crippen molar-refractivity contribution in [3.8, 4) is 11.4 Å². The van der Waals surface area contributed by atoms with Crippen LogP contribution in [-0.2, 0) is 13.0 Å². The minimum absolute atomic E-state index is 0.0164. The molecule has 0 saturated heterocycles. The zero-order chi connectivity index (χ0) is 32.1. The Hall–Kier alpha value is -6.58. The smallest absolute Gasteiger partial charge is 0.394 e. The first kappa shape index (κ1) is 28.2. The van der Waals surface area contributed by atoms with Gasteiger partial charge in [-0.3, -0.25) is 38.6 Å². The lowest BCUT2D eigenvalue weighted by Crippen LogP contribution is -2.36. The van der Waals surface area contributed by atoms with Gasteiger partial charge in [0.1, 0.15) is 22.8 Å². The van der Waals surface area contributed by atoms with Crippen molar-refractivity contribution in [1.82, 2.24) is 35.4 Å². The van der Waals surface area contributed by atoms with Gasteiger partial charge in [0.15, 0.2) is 11.5 Å². The normalized spacial score (nSPS) is 14.0. The van der Waals surface area contributed by atoms with Crippen molar-refractivity contribution >= 4 is 34.5 Å². The van der Waals surface area contributed by atoms with Crippen molar-refractivity contribution in [3.63, 3.8) is 0 Å². The average Bonchev–Trinajstić information content (AvgIpc) is 3.78. The number of aromatic amines is 2. The van der Waals surface area contributed by atoms with Crippen molar-refractivity contribution < 1.29 is 14.1 Å². The van der Waals surface area contributed by atoms with E-state index in [4.69, 9.17) is 5.73 Å². The standard InChI is InChI=1S/C30H23N9O7/c31-23-24(26(42)25(23)41)33-16-3-1-2-13(8-16)12-32-29(44)20-10-19(34-21-11-22(40)37-39(20)21)28(43)35-18-7-5-14-9-15(4-6-17(14)18)27-36-30(45)46-38-27/h1-4,6,8-11,18,33H,5,7,12,31H2,(H,32,44)(H,35,43)(H,37,40)(H,36,38,45)/t18-/m0/s1. The number of aromatic nitrogens is 5. The molecular weight excluding hydrogens is 598 g/mol. The molecule has 0 bridgehead atoms. The maximum absolute atomic E-state index is 13.4. The molecule has 3 heterocycles. The monoisotopic (exact) mass is 621 g/mol. The van der Waals surface area contributed by atoms with Crippen LogP contribution in [0.5, 0.6) is 0 Å². The number of hydrogen-bond acceptors (Lipinski definition) is 11. The predicted molar refractivity (Wildman–Crippen MR) is 164 cm³/mol. The minimum Gasteiger partial charge on any atom is -0.394 e. The van der Waals surface area contributed by atoms with Crippen molar-refractivity contribution in [1.29, 1.82) is 0 Å². The number of H-pyrrole nitrogens is 2. The van der Waals surface area contributed by atoms with Gasteiger partial charge < -0.3 is 21.7 Å². The van der Waals surface area contributed by atoms with E-state index < -0.39 is 34.0 Å². The lowest BCUT2D eigenvalue weighted by molar-refractivity contribution is 0.0931. The van der Waals surface area contributed by atoms with Crippen molar-refractivity contribution in [2.24, 2.45) is 0 Å². The second-order valence-electron chi connectivity index (χ2n) is 10.7. The summed E-state index contributed by atoms with van der Waals surface area (Å²) in [6.07, 6.45) is 1.28. The molecule has 230 valence electrons. The van der Waals surface area contributed by atoms with Gasteiger partial charge in [0.05, 0.1) is 6.04 Å². The first-order valence-corrected chi connectivity index (χ1v) is 14.0. The number of nitrogens with one attached hydrogen (secondary N) is 5. The van der Waals surface area contributed by atoms with Gasteiger partial charge in [-0.25, -0.2) is 14.3 Å². The number of nitrogens with two attached hydrogens (primary N) is 1. The molecule has 3 aromatic carbocycles. The number of nitrogen functional groups attached to an aromatic ring is 1. The van der Waals surface area contributed by atoms with Crippen LogP contribution in [0.4, 0.5) is 17.1 Å². The largest absolute Gasteiger partial charge is 0.439 e. The third-order valence-electron chi connectivity index (χ3n) is 7.76. The maximum Gasteiger partial charge on any atom is 0.439 e. The van der Waals surface area contributed by atoms with E-state index in [9.17, 15) is 28.8 Å². The molecule has 2 amide bonds. The summed E-state index contributed by atoms with van der Waals surface area (Å²) in [6, 6.07) is 14.4. The molecule has 7 N–H and O–H groups in total. The Balaban J connectivity index is 1.08. The molecule has 0 fully saturated rings. The van der Waals surface area contributed by atoms with Crippen LogP contribution in [0.2, 0.25) is 0 Å². The molecule has 0 radical (unpaired) electrons. The van der Waals surface area contributed by atoms with E-state index in [2.05, 4.69) is 40.7 Å². The number of amides is 2. The molecule has 16 nitrogen and oxygen atoms in total. The molecule has 6 aromatic rings. The van der Waals surface area contributed by atoms with Gasteiger partial charge in [-0.05, 0) is 47.7 Å². The zero-order valence-electron chi connectivity index (χ0n) is 23.7. The highest BCUT2D eigenvalue weighted by atomic mass is 16.5. The van der Waals surface area contributed by atoms with Gasteiger partial charge in [-0.15, -0.1) is 0 Å². The summed E-state index contributed by atoms with van der Waals surface area (Å²) >= 11 is 0. The molecule has 1 aliphatic rings. The van der Waals surface area contributed by atoms with Crippen molar-refractivity contribution in [2.75, 3.05) is 11.1 Å². The summed E-state index contributed by atoms with van der Waals surface area (Å²) in [5.74, 6) is -1.48. The van der Waals surface area contributed by atoms with Crippen molar-refractivity contribution in [3.05, 3.63) is 124 Å². The van der Waals surface area contributed by atoms with Gasteiger partial charge in [-0.2, -0.15) is 0 Å². The molecule has 0 spiro atoms. The molecule has 16 heteroatoms. The van der Waals surface area contributed by atoms with Gasteiger partial charge in [0.2, 0.25) is 0 Å². The van der Waals surface area contributed by atoms with Crippen LogP contribution >= 0.6 is 0 Å². The minimum atomic E-state index is -0.740. The number of aryl methyl sites for hydroxylation is 1. The lowest BCUT2D eigenvalue weighted by Gasteiger charge is -2.15. The average molecular weight is 622 g/mol. The molecule has 3 aromatic heterocycles. The summed E-state index contributed by atoms with van der Waals surface area (Å²) in [7, 11) is 0. The number of rotatable bonds is 8. The Morgan fingerprint density at radius 1 is 1.02 bits per heavy atom. The molecule has 46 heavy (non-hydrogen) atoms. The number of anilines is 3. The van der Waals surface area contributed by atoms with Gasteiger partial charge in [0.25, 0.3) is 28.2 Å². The van der Waals surface area contributed by atoms with Crippen LogP contribution in [0.25, 0.3) is 17.0 Å². The Morgan fingerprint density at radius 3 is 2.65 bits per heavy atom. The summed E-state index contributed by atoms with van der Waals surface area (Å²) in [4.78, 5) is 80.2. The van der Waals surface area contributed by atoms with Gasteiger partial charge >= 0.3 is 5.76 Å². The van der Waals surface area contributed by atoms with E-state index in [0.717, 1.165) is 11.1 Å². The van der Waals surface area contributed by atoms with E-state index in [1.54, 1.807) is 30.3 Å². The highest BCUT2D eigenvalue weighted by Crippen LogP contribution is 2.33. The third kappa shape index (κ3) is 5.02. The van der Waals surface area contributed by atoms with E-state index in [1.165, 1.54) is 16.6 Å². The molecule has 1 aliphatic carbocycles. The number of fused-ring (bicyclic) bond motifs is 2. The molecule has 7 rings (SSSR count). The van der Waals surface area contributed by atoms with Gasteiger partial charge in [-0.1, -0.05) is 29.4 Å². The Kier molecular flexibility index (Phi) is 6.65. The Bertz CT molecular complexity index is 2390. The van der Waals surface area contributed by atoms with Crippen LogP contribution in [0.15, 0.2) is 78.3 Å². The zero-order valence-corrected chi connectivity index (χ0v) is 23.7. The highest BCUT2D eigenvalue weighted by Gasteiger charge is 2.27.